The first kappa shape index (κ1) is 20.5. The minimum absolute atomic E-state index is 0.131. The van der Waals surface area contributed by atoms with Crippen LogP contribution in [0.1, 0.15) is 47.5 Å². The van der Waals surface area contributed by atoms with E-state index in [0.29, 0.717) is 27.4 Å². The van der Waals surface area contributed by atoms with Gasteiger partial charge in [0, 0.05) is 17.5 Å². The molecule has 8 heteroatoms. The van der Waals surface area contributed by atoms with Crippen molar-refractivity contribution in [2.75, 3.05) is 13.7 Å². The molecule has 0 saturated carbocycles. The summed E-state index contributed by atoms with van der Waals surface area (Å²) < 4.78 is 4.76. The number of aromatic amines is 1. The first-order valence-corrected chi connectivity index (χ1v) is 9.83. The molecule has 0 radical (unpaired) electrons. The van der Waals surface area contributed by atoms with Gasteiger partial charge in [0.15, 0.2) is 5.78 Å². The van der Waals surface area contributed by atoms with E-state index in [1.165, 1.54) is 23.3 Å². The lowest BCUT2D eigenvalue weighted by atomic mass is 10.0. The zero-order chi connectivity index (χ0) is 21.0. The van der Waals surface area contributed by atoms with Gasteiger partial charge in [-0.05, 0) is 43.0 Å². The number of carbonyl (C=O) groups is 3. The number of methoxy groups -OCH3 is 1. The minimum Gasteiger partial charge on any atom is -0.464 e. The van der Waals surface area contributed by atoms with E-state index in [-0.39, 0.29) is 30.5 Å². The maximum Gasteiger partial charge on any atom is 0.354 e. The molecule has 0 spiro atoms. The molecule has 3 rings (SSSR count). The third-order valence-electron chi connectivity index (χ3n) is 4.54. The summed E-state index contributed by atoms with van der Waals surface area (Å²) in [5, 5.41) is 1.82. The number of amides is 1. The number of nitrogens with zero attached hydrogens (tertiary/aromatic N) is 2. The van der Waals surface area contributed by atoms with Crippen molar-refractivity contribution in [3.63, 3.8) is 0 Å². The van der Waals surface area contributed by atoms with Gasteiger partial charge in [-0.15, -0.1) is 11.3 Å². The molecule has 0 aliphatic rings. The molecular weight excluding hydrogens is 390 g/mol. The standard InChI is InChI=1S/C21H21N3O4S/c1-13-18(14(2)23-19(13)21(27)28-3)16(25)12-24(11-15-7-4-5-9-22-15)20(26)17-8-6-10-29-17/h4-10,23H,11-12H2,1-3H3. The summed E-state index contributed by atoms with van der Waals surface area (Å²) in [5.74, 6) is -1.03. The number of hydrogen-bond acceptors (Lipinski definition) is 6. The Morgan fingerprint density at radius 1 is 1.17 bits per heavy atom. The topological polar surface area (TPSA) is 92.4 Å². The van der Waals surface area contributed by atoms with Crippen molar-refractivity contribution in [1.29, 1.82) is 0 Å². The van der Waals surface area contributed by atoms with Crippen LogP contribution in [-0.4, -0.2) is 46.2 Å². The van der Waals surface area contributed by atoms with Crippen LogP contribution in [0.25, 0.3) is 0 Å². The van der Waals surface area contributed by atoms with Crippen molar-refractivity contribution in [2.45, 2.75) is 20.4 Å². The fourth-order valence-electron chi connectivity index (χ4n) is 3.17. The van der Waals surface area contributed by atoms with Crippen LogP contribution in [0.4, 0.5) is 0 Å². The molecule has 1 N–H and O–H groups in total. The van der Waals surface area contributed by atoms with Gasteiger partial charge in [0.2, 0.25) is 0 Å². The molecule has 0 aliphatic heterocycles. The number of rotatable bonds is 7. The van der Waals surface area contributed by atoms with Gasteiger partial charge in [-0.1, -0.05) is 12.1 Å². The highest BCUT2D eigenvalue weighted by Crippen LogP contribution is 2.21. The molecular formula is C21H21N3O4S. The van der Waals surface area contributed by atoms with Gasteiger partial charge < -0.3 is 14.6 Å². The number of nitrogens with one attached hydrogen (secondary N) is 1. The van der Waals surface area contributed by atoms with Gasteiger partial charge in [0.1, 0.15) is 5.69 Å². The molecule has 0 saturated heterocycles. The van der Waals surface area contributed by atoms with Crippen LogP contribution < -0.4 is 0 Å². The Labute approximate surface area is 172 Å². The van der Waals surface area contributed by atoms with Gasteiger partial charge >= 0.3 is 5.97 Å². The molecule has 0 aliphatic carbocycles. The van der Waals surface area contributed by atoms with Crippen LogP contribution in [0.2, 0.25) is 0 Å². The number of aromatic nitrogens is 2. The van der Waals surface area contributed by atoms with Crippen LogP contribution in [0.5, 0.6) is 0 Å². The third-order valence-corrected chi connectivity index (χ3v) is 5.40. The van der Waals surface area contributed by atoms with E-state index >= 15 is 0 Å². The SMILES string of the molecule is COC(=O)c1[nH]c(C)c(C(=O)CN(Cc2ccccn2)C(=O)c2cccs2)c1C. The molecule has 3 heterocycles. The highest BCUT2D eigenvalue weighted by molar-refractivity contribution is 7.12. The number of pyridine rings is 1. The van der Waals surface area contributed by atoms with Crippen molar-refractivity contribution in [1.82, 2.24) is 14.9 Å². The number of ketones is 1. The smallest absolute Gasteiger partial charge is 0.354 e. The fraction of sp³-hybridized carbons (Fsp3) is 0.238. The number of hydrogen-bond donors (Lipinski definition) is 1. The van der Waals surface area contributed by atoms with Gasteiger partial charge in [0.05, 0.1) is 30.8 Å². The maximum atomic E-state index is 13.1. The molecule has 0 bridgehead atoms. The lowest BCUT2D eigenvalue weighted by molar-refractivity contribution is 0.0593. The average Bonchev–Trinajstić information content (AvgIpc) is 3.35. The molecule has 29 heavy (non-hydrogen) atoms. The predicted molar refractivity (Wildman–Crippen MR) is 109 cm³/mol. The molecule has 3 aromatic rings. The molecule has 0 unspecified atom stereocenters. The van der Waals surface area contributed by atoms with Crippen LogP contribution >= 0.6 is 11.3 Å². The summed E-state index contributed by atoms with van der Waals surface area (Å²) in [5.41, 5.74) is 2.41. The zero-order valence-electron chi connectivity index (χ0n) is 16.4. The Bertz CT molecular complexity index is 1030. The van der Waals surface area contributed by atoms with Crippen LogP contribution in [0.3, 0.4) is 0 Å². The average molecular weight is 411 g/mol. The molecule has 150 valence electrons. The van der Waals surface area contributed by atoms with E-state index in [1.807, 2.05) is 11.4 Å². The third kappa shape index (κ3) is 4.43. The normalized spacial score (nSPS) is 10.6. The van der Waals surface area contributed by atoms with E-state index < -0.39 is 5.97 Å². The molecule has 0 atom stereocenters. The number of H-pyrrole nitrogens is 1. The molecule has 0 fully saturated rings. The Kier molecular flexibility index (Phi) is 6.23. The Hall–Kier alpha value is -3.26. The van der Waals surface area contributed by atoms with Gasteiger partial charge in [-0.25, -0.2) is 4.79 Å². The first-order valence-electron chi connectivity index (χ1n) is 8.95. The molecule has 7 nitrogen and oxygen atoms in total. The first-order chi connectivity index (χ1) is 13.9. The Morgan fingerprint density at radius 2 is 1.97 bits per heavy atom. The van der Waals surface area contributed by atoms with Crippen LogP contribution in [-0.2, 0) is 11.3 Å². The molecule has 3 aromatic heterocycles. The van der Waals surface area contributed by atoms with E-state index in [2.05, 4.69) is 9.97 Å². The summed E-state index contributed by atoms with van der Waals surface area (Å²) in [6, 6.07) is 8.95. The number of aryl methyl sites for hydroxylation is 1. The number of carbonyl (C=O) groups excluding carboxylic acids is 3. The minimum atomic E-state index is -0.537. The Morgan fingerprint density at radius 3 is 2.59 bits per heavy atom. The van der Waals surface area contributed by atoms with Crippen molar-refractivity contribution in [3.05, 3.63) is 75.0 Å². The highest BCUT2D eigenvalue weighted by atomic mass is 32.1. The van der Waals surface area contributed by atoms with Crippen molar-refractivity contribution in [3.8, 4) is 0 Å². The van der Waals surface area contributed by atoms with E-state index in [4.69, 9.17) is 4.74 Å². The second-order valence-electron chi connectivity index (χ2n) is 6.50. The second-order valence-corrected chi connectivity index (χ2v) is 7.45. The number of Topliss-reactive ketones (excluding diaryl/α,β-unsaturated/α-hetero) is 1. The van der Waals surface area contributed by atoms with E-state index in [9.17, 15) is 14.4 Å². The van der Waals surface area contributed by atoms with Crippen LogP contribution in [0.15, 0.2) is 41.9 Å². The summed E-state index contributed by atoms with van der Waals surface area (Å²) >= 11 is 1.32. The van der Waals surface area contributed by atoms with Gasteiger partial charge in [-0.3, -0.25) is 14.6 Å². The van der Waals surface area contributed by atoms with E-state index in [1.54, 1.807) is 44.3 Å². The number of esters is 1. The zero-order valence-corrected chi connectivity index (χ0v) is 17.2. The number of ether oxygens (including phenoxy) is 1. The van der Waals surface area contributed by atoms with E-state index in [0.717, 1.165) is 0 Å². The van der Waals surface area contributed by atoms with Crippen LogP contribution in [0, 0.1) is 13.8 Å². The molecule has 1 amide bonds. The lowest BCUT2D eigenvalue weighted by Gasteiger charge is -2.21. The summed E-state index contributed by atoms with van der Waals surface area (Å²) in [7, 11) is 1.29. The maximum absolute atomic E-state index is 13.1. The fourth-order valence-corrected chi connectivity index (χ4v) is 3.86. The van der Waals surface area contributed by atoms with Crippen molar-refractivity contribution >= 4 is 29.0 Å². The van der Waals surface area contributed by atoms with Gasteiger partial charge in [0.25, 0.3) is 5.91 Å². The summed E-state index contributed by atoms with van der Waals surface area (Å²) in [6.07, 6.45) is 1.65. The molecule has 0 aromatic carbocycles. The van der Waals surface area contributed by atoms with Crippen molar-refractivity contribution < 1.29 is 19.1 Å². The Balaban J connectivity index is 1.89. The summed E-state index contributed by atoms with van der Waals surface area (Å²) in [6.45, 7) is 3.48. The van der Waals surface area contributed by atoms with Gasteiger partial charge in [-0.2, -0.15) is 0 Å². The predicted octanol–water partition coefficient (Wildman–Crippen LogP) is 3.40. The quantitative estimate of drug-likeness (QED) is 0.475. The number of thiophene rings is 1. The lowest BCUT2D eigenvalue weighted by Crippen LogP contribution is -2.35. The second kappa shape index (κ2) is 8.83. The highest BCUT2D eigenvalue weighted by Gasteiger charge is 2.26. The van der Waals surface area contributed by atoms with Crippen molar-refractivity contribution in [2.24, 2.45) is 0 Å². The largest absolute Gasteiger partial charge is 0.464 e. The summed E-state index contributed by atoms with van der Waals surface area (Å²) in [4.78, 5) is 47.2. The monoisotopic (exact) mass is 411 g/mol.